The lowest BCUT2D eigenvalue weighted by Gasteiger charge is -2.10. The van der Waals surface area contributed by atoms with Crippen LogP contribution in [0.25, 0.3) is 0 Å². The van der Waals surface area contributed by atoms with E-state index in [2.05, 4.69) is 36.5 Å². The summed E-state index contributed by atoms with van der Waals surface area (Å²) in [6.45, 7) is 2.27. The van der Waals surface area contributed by atoms with Crippen molar-refractivity contribution in [3.05, 3.63) is 44.9 Å². The third-order valence-electron chi connectivity index (χ3n) is 2.53. The van der Waals surface area contributed by atoms with E-state index >= 15 is 0 Å². The first-order valence-electron chi connectivity index (χ1n) is 5.98. The Hall–Kier alpha value is -2.29. The highest BCUT2D eigenvalue weighted by Gasteiger charge is 2.23. The summed E-state index contributed by atoms with van der Waals surface area (Å²) in [7, 11) is 0. The number of nitro groups is 1. The van der Waals surface area contributed by atoms with Gasteiger partial charge in [-0.2, -0.15) is 0 Å². The van der Waals surface area contributed by atoms with Crippen molar-refractivity contribution in [3.8, 4) is 0 Å². The molecule has 110 valence electrons. The summed E-state index contributed by atoms with van der Waals surface area (Å²) in [6, 6.07) is 3.98. The highest BCUT2D eigenvalue weighted by molar-refractivity contribution is 9.10. The lowest BCUT2D eigenvalue weighted by Crippen LogP contribution is -2.07. The van der Waals surface area contributed by atoms with Crippen molar-refractivity contribution in [2.45, 2.75) is 6.92 Å². The normalized spacial score (nSPS) is 10.2. The molecule has 0 aliphatic carbocycles. The minimum atomic E-state index is -0.590. The number of nitrogens with zero attached hydrogens (tertiary/aromatic N) is 3. The number of aromatic nitrogens is 2. The average Bonchev–Trinajstić information content (AvgIpc) is 2.43. The molecule has 0 aliphatic heterocycles. The lowest BCUT2D eigenvalue weighted by molar-refractivity contribution is -0.383. The quantitative estimate of drug-likeness (QED) is 0.630. The van der Waals surface area contributed by atoms with E-state index in [1.165, 1.54) is 24.5 Å². The molecule has 0 spiro atoms. The Morgan fingerprint density at radius 2 is 2.10 bits per heavy atom. The van der Waals surface area contributed by atoms with Crippen molar-refractivity contribution in [2.75, 3.05) is 17.2 Å². The number of hydrogen-bond acceptors (Lipinski definition) is 6. The second-order valence-corrected chi connectivity index (χ2v) is 4.81. The monoisotopic (exact) mass is 355 g/mol. The van der Waals surface area contributed by atoms with Gasteiger partial charge in [-0.15, -0.1) is 0 Å². The zero-order chi connectivity index (χ0) is 15.4. The summed E-state index contributed by atoms with van der Waals surface area (Å²) >= 11 is 3.24. The summed E-state index contributed by atoms with van der Waals surface area (Å²) < 4.78 is 13.8. The number of hydrogen-bond donors (Lipinski definition) is 2. The molecule has 21 heavy (non-hydrogen) atoms. The highest BCUT2D eigenvalue weighted by atomic mass is 79.9. The lowest BCUT2D eigenvalue weighted by atomic mass is 10.3. The van der Waals surface area contributed by atoms with Crippen LogP contribution in [0, 0.1) is 15.9 Å². The van der Waals surface area contributed by atoms with Crippen LogP contribution in [0.1, 0.15) is 6.92 Å². The van der Waals surface area contributed by atoms with Crippen LogP contribution in [0.15, 0.2) is 29.0 Å². The van der Waals surface area contributed by atoms with Gasteiger partial charge in [-0.05, 0) is 41.1 Å². The molecule has 0 saturated carbocycles. The highest BCUT2D eigenvalue weighted by Crippen LogP contribution is 2.33. The van der Waals surface area contributed by atoms with Gasteiger partial charge in [-0.25, -0.2) is 14.4 Å². The van der Waals surface area contributed by atoms with E-state index in [4.69, 9.17) is 0 Å². The van der Waals surface area contributed by atoms with Crippen LogP contribution in [0.2, 0.25) is 0 Å². The predicted octanol–water partition coefficient (Wildman–Crippen LogP) is 3.46. The summed E-state index contributed by atoms with van der Waals surface area (Å²) in [5.74, 6) is -0.380. The number of anilines is 3. The minimum Gasteiger partial charge on any atom is -0.364 e. The van der Waals surface area contributed by atoms with Gasteiger partial charge < -0.3 is 10.6 Å². The number of halogens is 2. The van der Waals surface area contributed by atoms with E-state index in [0.717, 1.165) is 0 Å². The molecular formula is C12H11BrFN5O2. The molecule has 0 amide bonds. The molecule has 7 nitrogen and oxygen atoms in total. The van der Waals surface area contributed by atoms with Gasteiger partial charge >= 0.3 is 5.69 Å². The van der Waals surface area contributed by atoms with Crippen LogP contribution in [-0.4, -0.2) is 21.4 Å². The van der Waals surface area contributed by atoms with Crippen LogP contribution in [-0.2, 0) is 0 Å². The molecule has 0 fully saturated rings. The largest absolute Gasteiger partial charge is 0.364 e. The summed E-state index contributed by atoms with van der Waals surface area (Å²) in [4.78, 5) is 18.3. The summed E-state index contributed by atoms with van der Waals surface area (Å²) in [5.41, 5.74) is 0.0368. The van der Waals surface area contributed by atoms with Crippen molar-refractivity contribution >= 4 is 38.9 Å². The van der Waals surface area contributed by atoms with Crippen LogP contribution in [0.5, 0.6) is 0 Å². The first-order chi connectivity index (χ1) is 10.0. The molecule has 0 aliphatic rings. The molecule has 0 bridgehead atoms. The van der Waals surface area contributed by atoms with Gasteiger partial charge in [-0.3, -0.25) is 10.1 Å². The van der Waals surface area contributed by atoms with Crippen molar-refractivity contribution in [1.82, 2.24) is 9.97 Å². The smallest absolute Gasteiger partial charge is 0.353 e. The molecule has 2 rings (SSSR count). The van der Waals surface area contributed by atoms with Crippen LogP contribution in [0.3, 0.4) is 0 Å². The molecule has 2 N–H and O–H groups in total. The number of rotatable bonds is 5. The van der Waals surface area contributed by atoms with E-state index in [-0.39, 0.29) is 17.3 Å². The van der Waals surface area contributed by atoms with Gasteiger partial charge in [0.25, 0.3) is 0 Å². The fourth-order valence-electron chi connectivity index (χ4n) is 1.66. The third kappa shape index (κ3) is 3.43. The molecule has 0 saturated heterocycles. The van der Waals surface area contributed by atoms with Gasteiger partial charge in [0.1, 0.15) is 12.1 Å². The van der Waals surface area contributed by atoms with E-state index in [0.29, 0.717) is 16.7 Å². The Kier molecular flexibility index (Phi) is 4.63. The fraction of sp³-hybridized carbons (Fsp3) is 0.167. The average molecular weight is 356 g/mol. The first kappa shape index (κ1) is 15.1. The van der Waals surface area contributed by atoms with Crippen LogP contribution < -0.4 is 10.6 Å². The zero-order valence-corrected chi connectivity index (χ0v) is 12.5. The molecule has 1 aromatic heterocycles. The molecule has 0 unspecified atom stereocenters. The van der Waals surface area contributed by atoms with Gasteiger partial charge in [0.05, 0.1) is 10.6 Å². The van der Waals surface area contributed by atoms with E-state index in [1.807, 2.05) is 0 Å². The van der Waals surface area contributed by atoms with Crippen molar-refractivity contribution < 1.29 is 9.31 Å². The molecule has 0 radical (unpaired) electrons. The molecule has 1 aromatic carbocycles. The third-order valence-corrected chi connectivity index (χ3v) is 3.22. The first-order valence-corrected chi connectivity index (χ1v) is 6.77. The molecule has 0 atom stereocenters. The minimum absolute atomic E-state index is 0.0164. The predicted molar refractivity (Wildman–Crippen MR) is 80.2 cm³/mol. The maximum absolute atomic E-state index is 13.3. The zero-order valence-electron chi connectivity index (χ0n) is 10.9. The van der Waals surface area contributed by atoms with Gasteiger partial charge in [0.2, 0.25) is 11.6 Å². The van der Waals surface area contributed by atoms with Crippen molar-refractivity contribution in [2.24, 2.45) is 0 Å². The van der Waals surface area contributed by atoms with Crippen molar-refractivity contribution in [1.29, 1.82) is 0 Å². The second kappa shape index (κ2) is 6.44. The fourth-order valence-corrected chi connectivity index (χ4v) is 2.01. The van der Waals surface area contributed by atoms with Gasteiger partial charge in [0.15, 0.2) is 0 Å². The Morgan fingerprint density at radius 3 is 2.76 bits per heavy atom. The van der Waals surface area contributed by atoms with Gasteiger partial charge in [-0.1, -0.05) is 0 Å². The standard InChI is InChI=1S/C12H11BrFN5O2/c1-2-15-11-10(19(20)21)12(17-6-16-11)18-9-5-7(14)3-4-8(9)13/h3-6H,2H2,1H3,(H2,15,16,17,18). The van der Waals surface area contributed by atoms with E-state index < -0.39 is 10.7 Å². The number of benzene rings is 1. The maximum Gasteiger partial charge on any atom is 0.353 e. The van der Waals surface area contributed by atoms with E-state index in [9.17, 15) is 14.5 Å². The summed E-state index contributed by atoms with van der Waals surface area (Å²) in [6.07, 6.45) is 1.19. The Morgan fingerprint density at radius 1 is 1.38 bits per heavy atom. The van der Waals surface area contributed by atoms with E-state index in [1.54, 1.807) is 6.92 Å². The SMILES string of the molecule is CCNc1ncnc(Nc2cc(F)ccc2Br)c1[N+](=O)[O-]. The maximum atomic E-state index is 13.3. The molecular weight excluding hydrogens is 345 g/mol. The van der Waals surface area contributed by atoms with Crippen LogP contribution >= 0.6 is 15.9 Å². The Balaban J connectivity index is 2.46. The second-order valence-electron chi connectivity index (χ2n) is 3.96. The number of nitrogens with one attached hydrogen (secondary N) is 2. The van der Waals surface area contributed by atoms with Crippen LogP contribution in [0.4, 0.5) is 27.4 Å². The Bertz CT molecular complexity index is 683. The molecule has 9 heteroatoms. The van der Waals surface area contributed by atoms with Crippen molar-refractivity contribution in [3.63, 3.8) is 0 Å². The van der Waals surface area contributed by atoms with Gasteiger partial charge in [0, 0.05) is 11.0 Å². The summed E-state index contributed by atoms with van der Waals surface area (Å²) in [5, 5.41) is 16.8. The molecule has 2 aromatic rings. The topological polar surface area (TPSA) is 93.0 Å². The molecule has 1 heterocycles. The Labute approximate surface area is 127 Å².